The normalized spacial score (nSPS) is 12.0. The highest BCUT2D eigenvalue weighted by Gasteiger charge is 2.19. The van der Waals surface area contributed by atoms with Crippen molar-refractivity contribution in [2.24, 2.45) is 0 Å². The van der Waals surface area contributed by atoms with E-state index >= 15 is 0 Å². The molecule has 45 heavy (non-hydrogen) atoms. The van der Waals surface area contributed by atoms with Crippen LogP contribution in [0.5, 0.6) is 0 Å². The maximum Gasteiger partial charge on any atom is 0.136 e. The van der Waals surface area contributed by atoms with Crippen molar-refractivity contribution in [1.82, 2.24) is 4.57 Å². The molecule has 0 unspecified atom stereocenters. The molecule has 7 aromatic carbocycles. The number of para-hydroxylation sites is 2. The minimum Gasteiger partial charge on any atom is -0.456 e. The first kappa shape index (κ1) is 24.8. The molecule has 10 rings (SSSR count). The zero-order valence-corrected chi connectivity index (χ0v) is 25.0. The Morgan fingerprint density at radius 3 is 2.09 bits per heavy atom. The van der Waals surface area contributed by atoms with E-state index in [1.165, 1.54) is 69.7 Å². The van der Waals surface area contributed by atoms with Crippen LogP contribution in [0, 0.1) is 0 Å². The number of aromatic nitrogens is 1. The largest absolute Gasteiger partial charge is 0.456 e. The molecule has 0 aliphatic rings. The predicted molar refractivity (Wildman–Crippen MR) is 192 cm³/mol. The second-order valence-electron chi connectivity index (χ2n) is 11.7. The lowest BCUT2D eigenvalue weighted by molar-refractivity contribution is 0.669. The second kappa shape index (κ2) is 9.43. The molecule has 3 heteroatoms. The first-order chi connectivity index (χ1) is 22.3. The highest BCUT2D eigenvalue weighted by molar-refractivity contribution is 7.27. The van der Waals surface area contributed by atoms with Crippen molar-refractivity contribution < 1.29 is 4.42 Å². The zero-order chi connectivity index (χ0) is 29.5. The number of nitrogens with zero attached hydrogens (tertiary/aromatic N) is 1. The number of hydrogen-bond acceptors (Lipinski definition) is 2. The second-order valence-corrected chi connectivity index (χ2v) is 12.7. The van der Waals surface area contributed by atoms with Crippen molar-refractivity contribution in [3.8, 4) is 27.9 Å². The molecule has 0 aliphatic carbocycles. The Hall–Kier alpha value is -5.64. The summed E-state index contributed by atoms with van der Waals surface area (Å²) in [6.07, 6.45) is 0. The molecular weight excluding hydrogens is 567 g/mol. The number of benzene rings is 7. The fraction of sp³-hybridized carbons (Fsp3) is 0. The minimum absolute atomic E-state index is 0.920. The number of hydrogen-bond donors (Lipinski definition) is 0. The van der Waals surface area contributed by atoms with E-state index in [1.54, 1.807) is 0 Å². The summed E-state index contributed by atoms with van der Waals surface area (Å²) in [4.78, 5) is 0. The average Bonchev–Trinajstić information content (AvgIpc) is 3.77. The number of thiophene rings is 1. The van der Waals surface area contributed by atoms with Gasteiger partial charge in [-0.25, -0.2) is 0 Å². The molecule has 0 radical (unpaired) electrons. The summed E-state index contributed by atoms with van der Waals surface area (Å²) < 4.78 is 11.4. The monoisotopic (exact) mass is 591 g/mol. The van der Waals surface area contributed by atoms with Crippen LogP contribution in [0.3, 0.4) is 0 Å². The topological polar surface area (TPSA) is 18.1 Å². The maximum absolute atomic E-state index is 6.36. The van der Waals surface area contributed by atoms with Gasteiger partial charge in [-0.1, -0.05) is 115 Å². The van der Waals surface area contributed by atoms with Crippen molar-refractivity contribution in [3.05, 3.63) is 152 Å². The Bertz CT molecular complexity index is 2740. The molecular formula is C42H25NOS. The van der Waals surface area contributed by atoms with Crippen molar-refractivity contribution in [2.75, 3.05) is 0 Å². The number of fused-ring (bicyclic) bond motifs is 10. The summed E-state index contributed by atoms with van der Waals surface area (Å²) in [6, 6.07) is 54.5. The van der Waals surface area contributed by atoms with Crippen LogP contribution < -0.4 is 0 Å². The van der Waals surface area contributed by atoms with E-state index in [1.807, 2.05) is 11.3 Å². The Morgan fingerprint density at radius 1 is 0.467 bits per heavy atom. The lowest BCUT2D eigenvalue weighted by Gasteiger charge is -2.09. The molecule has 0 aliphatic heterocycles. The van der Waals surface area contributed by atoms with Gasteiger partial charge in [0, 0.05) is 31.9 Å². The zero-order valence-electron chi connectivity index (χ0n) is 24.2. The van der Waals surface area contributed by atoms with E-state index < -0.39 is 0 Å². The molecule has 3 aromatic heterocycles. The third-order valence-electron chi connectivity index (χ3n) is 9.21. The van der Waals surface area contributed by atoms with Crippen molar-refractivity contribution in [2.45, 2.75) is 0 Å². The van der Waals surface area contributed by atoms with Gasteiger partial charge >= 0.3 is 0 Å². The van der Waals surface area contributed by atoms with Crippen LogP contribution in [0.25, 0.3) is 91.9 Å². The summed E-state index contributed by atoms with van der Waals surface area (Å²) in [5, 5.41) is 7.40. The lowest BCUT2D eigenvalue weighted by atomic mass is 9.98. The first-order valence-corrected chi connectivity index (χ1v) is 16.1. The fourth-order valence-corrected chi connectivity index (χ4v) is 8.49. The van der Waals surface area contributed by atoms with E-state index in [0.29, 0.717) is 0 Å². The molecule has 0 bridgehead atoms. The molecule has 0 spiro atoms. The molecule has 0 saturated carbocycles. The van der Waals surface area contributed by atoms with Gasteiger partial charge in [-0.05, 0) is 69.4 Å². The van der Waals surface area contributed by atoms with Crippen molar-refractivity contribution >= 4 is 75.3 Å². The maximum atomic E-state index is 6.36. The van der Waals surface area contributed by atoms with E-state index in [-0.39, 0.29) is 0 Å². The van der Waals surface area contributed by atoms with Crippen LogP contribution in [0.15, 0.2) is 156 Å². The first-order valence-electron chi connectivity index (χ1n) is 15.3. The van der Waals surface area contributed by atoms with Crippen LogP contribution in [0.2, 0.25) is 0 Å². The lowest BCUT2D eigenvalue weighted by Crippen LogP contribution is -1.92. The Labute approximate surface area is 263 Å². The molecule has 2 nitrogen and oxygen atoms in total. The van der Waals surface area contributed by atoms with Gasteiger partial charge in [0.15, 0.2) is 0 Å². The van der Waals surface area contributed by atoms with Gasteiger partial charge in [-0.15, -0.1) is 11.3 Å². The van der Waals surface area contributed by atoms with E-state index in [0.717, 1.165) is 22.1 Å². The number of furan rings is 1. The van der Waals surface area contributed by atoms with Gasteiger partial charge in [0.2, 0.25) is 0 Å². The van der Waals surface area contributed by atoms with Crippen LogP contribution in [0.1, 0.15) is 0 Å². The van der Waals surface area contributed by atoms with Gasteiger partial charge < -0.3 is 8.98 Å². The third-order valence-corrected chi connectivity index (χ3v) is 10.5. The molecule has 0 N–H and O–H groups in total. The Balaban J connectivity index is 1.09. The standard InChI is InChI=1S/C42H25NOS/c1-2-10-30(11-3-1)43-36-16-7-6-13-33(36)42-40(43)35-15-8-14-32(41(35)45-42)28-19-17-26(18-20-28)29-21-23-34-38(25-29)44-37-24-22-27-9-4-5-12-31(27)39(34)37/h1-25H. The van der Waals surface area contributed by atoms with Gasteiger partial charge in [0.1, 0.15) is 11.2 Å². The highest BCUT2D eigenvalue weighted by Crippen LogP contribution is 2.45. The average molecular weight is 592 g/mol. The Morgan fingerprint density at radius 2 is 1.20 bits per heavy atom. The summed E-state index contributed by atoms with van der Waals surface area (Å²) in [5.41, 5.74) is 10.4. The molecule has 0 atom stereocenters. The minimum atomic E-state index is 0.920. The summed E-state index contributed by atoms with van der Waals surface area (Å²) in [5.74, 6) is 0. The van der Waals surface area contributed by atoms with Crippen molar-refractivity contribution in [3.63, 3.8) is 0 Å². The van der Waals surface area contributed by atoms with Gasteiger partial charge in [0.25, 0.3) is 0 Å². The summed E-state index contributed by atoms with van der Waals surface area (Å²) >= 11 is 1.90. The van der Waals surface area contributed by atoms with Gasteiger partial charge in [0.05, 0.1) is 15.7 Å². The highest BCUT2D eigenvalue weighted by atomic mass is 32.1. The van der Waals surface area contributed by atoms with Crippen LogP contribution in [0.4, 0.5) is 0 Å². The summed E-state index contributed by atoms with van der Waals surface area (Å²) in [7, 11) is 0. The molecule has 10 aromatic rings. The van der Waals surface area contributed by atoms with E-state index in [2.05, 4.69) is 156 Å². The third kappa shape index (κ3) is 3.62. The summed E-state index contributed by atoms with van der Waals surface area (Å²) in [6.45, 7) is 0. The van der Waals surface area contributed by atoms with Gasteiger partial charge in [-0.3, -0.25) is 0 Å². The molecule has 3 heterocycles. The Kier molecular flexibility index (Phi) is 5.19. The fourth-order valence-electron chi connectivity index (χ4n) is 7.13. The molecule has 210 valence electrons. The molecule has 0 fully saturated rings. The molecule has 0 amide bonds. The van der Waals surface area contributed by atoms with Crippen LogP contribution >= 0.6 is 11.3 Å². The predicted octanol–water partition coefficient (Wildman–Crippen LogP) is 12.4. The van der Waals surface area contributed by atoms with Crippen LogP contribution in [-0.4, -0.2) is 4.57 Å². The van der Waals surface area contributed by atoms with Crippen LogP contribution in [-0.2, 0) is 0 Å². The van der Waals surface area contributed by atoms with Crippen molar-refractivity contribution in [1.29, 1.82) is 0 Å². The number of rotatable bonds is 3. The quantitative estimate of drug-likeness (QED) is 0.200. The van der Waals surface area contributed by atoms with E-state index in [9.17, 15) is 0 Å². The molecule has 0 saturated heterocycles. The SMILES string of the molecule is c1ccc(-n2c3ccccc3c3sc4c(-c5ccc(-c6ccc7c(c6)oc6ccc8ccccc8c67)cc5)cccc4c32)cc1. The van der Waals surface area contributed by atoms with E-state index in [4.69, 9.17) is 4.42 Å². The van der Waals surface area contributed by atoms with Gasteiger partial charge in [-0.2, -0.15) is 0 Å². The smallest absolute Gasteiger partial charge is 0.136 e.